The van der Waals surface area contributed by atoms with Crippen molar-refractivity contribution in [3.05, 3.63) is 40.4 Å². The summed E-state index contributed by atoms with van der Waals surface area (Å²) in [7, 11) is 0.256. The van der Waals surface area contributed by atoms with Gasteiger partial charge in [0.15, 0.2) is 17.6 Å². The number of phosphoric acid groups is 1. The molecule has 2 aliphatic rings. The fourth-order valence-corrected chi connectivity index (χ4v) is 5.59. The Morgan fingerprint density at radius 3 is 2.62 bits per heavy atom. The van der Waals surface area contributed by atoms with Gasteiger partial charge in [0.1, 0.15) is 17.7 Å². The zero-order valence-electron chi connectivity index (χ0n) is 20.8. The third-order valence-electron chi connectivity index (χ3n) is 5.64. The molecule has 204 valence electrons. The highest BCUT2D eigenvalue weighted by molar-refractivity contribution is 7.48. The molecule has 2 saturated heterocycles. The maximum absolute atomic E-state index is 15.3. The Labute approximate surface area is 211 Å². The predicted molar refractivity (Wildman–Crippen MR) is 125 cm³/mol. The second kappa shape index (κ2) is 10.5. The Morgan fingerprint density at radius 2 is 2.00 bits per heavy atom. The molecule has 4 rings (SSSR count). The van der Waals surface area contributed by atoms with Gasteiger partial charge in [0.25, 0.3) is 0 Å². The number of phosphoric ester groups is 1. The fourth-order valence-electron chi connectivity index (χ4n) is 4.02. The first-order valence-electron chi connectivity index (χ1n) is 11.3. The summed E-state index contributed by atoms with van der Waals surface area (Å²) in [6, 6.07) is 4.72. The Bertz CT molecular complexity index is 1240. The van der Waals surface area contributed by atoms with Gasteiger partial charge in [0.05, 0.1) is 34.0 Å². The van der Waals surface area contributed by atoms with E-state index in [-0.39, 0.29) is 12.4 Å². The van der Waals surface area contributed by atoms with Gasteiger partial charge in [-0.25, -0.2) is 9.36 Å². The number of methoxy groups -OCH3 is 3. The topological polar surface area (TPSA) is 129 Å². The number of nitrogens with zero attached hydrogens (tertiary/aromatic N) is 2. The first kappa shape index (κ1) is 27.3. The van der Waals surface area contributed by atoms with E-state index in [1.807, 2.05) is 0 Å². The van der Waals surface area contributed by atoms with Gasteiger partial charge in [-0.05, 0) is 26.0 Å². The summed E-state index contributed by atoms with van der Waals surface area (Å²) in [4.78, 5) is 16.6. The summed E-state index contributed by atoms with van der Waals surface area (Å²) < 4.78 is 80.3. The van der Waals surface area contributed by atoms with Crippen molar-refractivity contribution in [2.75, 3.05) is 33.3 Å². The van der Waals surface area contributed by atoms with Gasteiger partial charge in [-0.2, -0.15) is 13.8 Å². The largest absolute Gasteiger partial charge is 0.497 e. The second-order valence-electron chi connectivity index (χ2n) is 8.50. The molecule has 15 heteroatoms. The molecule has 37 heavy (non-hydrogen) atoms. The molecule has 0 aliphatic carbocycles. The summed E-state index contributed by atoms with van der Waals surface area (Å²) in [6.07, 6.45) is -4.70. The van der Waals surface area contributed by atoms with E-state index in [0.29, 0.717) is 27.4 Å². The van der Waals surface area contributed by atoms with Crippen LogP contribution in [0.15, 0.2) is 29.2 Å². The van der Waals surface area contributed by atoms with E-state index >= 15 is 8.78 Å². The maximum atomic E-state index is 15.3. The monoisotopic (exact) mass is 547 g/mol. The number of ether oxygens (including phenoxy) is 4. The van der Waals surface area contributed by atoms with Gasteiger partial charge in [-0.3, -0.25) is 18.1 Å². The van der Waals surface area contributed by atoms with Crippen molar-refractivity contribution in [2.45, 2.75) is 50.9 Å². The van der Waals surface area contributed by atoms with Crippen LogP contribution in [0.25, 0.3) is 0 Å². The normalized spacial score (nSPS) is 26.5. The lowest BCUT2D eigenvalue weighted by molar-refractivity contribution is -0.139. The third-order valence-corrected chi connectivity index (χ3v) is 7.27. The second-order valence-corrected chi connectivity index (χ2v) is 10.1. The molecule has 2 aliphatic heterocycles. The van der Waals surface area contributed by atoms with Crippen LogP contribution in [-0.2, 0) is 29.4 Å². The highest BCUT2D eigenvalue weighted by Gasteiger charge is 2.65. The van der Waals surface area contributed by atoms with Gasteiger partial charge >= 0.3 is 19.4 Å². The number of hydrogen-bond donors (Lipinski definition) is 1. The molecule has 1 aromatic heterocycles. The average molecular weight is 547 g/mol. The number of alkyl halides is 2. The van der Waals surface area contributed by atoms with E-state index in [2.05, 4.69) is 10.3 Å². The Kier molecular flexibility index (Phi) is 7.77. The van der Waals surface area contributed by atoms with Crippen LogP contribution in [0.1, 0.15) is 25.6 Å². The van der Waals surface area contributed by atoms with Crippen LogP contribution in [0.5, 0.6) is 17.2 Å². The van der Waals surface area contributed by atoms with Crippen molar-refractivity contribution < 1.29 is 45.9 Å². The molecule has 0 amide bonds. The number of halogens is 2. The Balaban J connectivity index is 1.52. The maximum Gasteiger partial charge on any atom is 0.475 e. The molecule has 4 atom stereocenters. The quantitative estimate of drug-likeness (QED) is 0.464. The summed E-state index contributed by atoms with van der Waals surface area (Å²) in [5.74, 6) is -2.19. The number of fused-ring (bicyclic) bond motifs is 1. The van der Waals surface area contributed by atoms with E-state index in [4.69, 9.17) is 32.5 Å². The lowest BCUT2D eigenvalue weighted by atomic mass is 10.1. The molecule has 0 radical (unpaired) electrons. The molecule has 2 aromatic rings. The van der Waals surface area contributed by atoms with E-state index in [1.165, 1.54) is 27.4 Å². The first-order chi connectivity index (χ1) is 17.5. The molecule has 0 spiro atoms. The molecule has 0 bridgehead atoms. The lowest BCUT2D eigenvalue weighted by Gasteiger charge is -2.32. The van der Waals surface area contributed by atoms with Crippen LogP contribution < -0.4 is 25.2 Å². The minimum absolute atomic E-state index is 0.123. The van der Waals surface area contributed by atoms with Crippen LogP contribution in [-0.4, -0.2) is 61.7 Å². The summed E-state index contributed by atoms with van der Waals surface area (Å²) in [6.45, 7) is 2.83. The molecule has 1 aromatic carbocycles. The summed E-state index contributed by atoms with van der Waals surface area (Å²) >= 11 is 0. The molecule has 3 heterocycles. The zero-order valence-corrected chi connectivity index (χ0v) is 21.7. The van der Waals surface area contributed by atoms with Gasteiger partial charge in [-0.15, -0.1) is 0 Å². The molecular formula is C22H28F2N3O9P. The Hall–Kier alpha value is -2.77. The highest BCUT2D eigenvalue weighted by Crippen LogP contribution is 2.60. The number of anilines is 1. The van der Waals surface area contributed by atoms with Crippen LogP contribution in [0.3, 0.4) is 0 Å². The van der Waals surface area contributed by atoms with Crippen molar-refractivity contribution in [3.8, 4) is 17.2 Å². The van der Waals surface area contributed by atoms with Gasteiger partial charge in [-0.1, -0.05) is 0 Å². The van der Waals surface area contributed by atoms with E-state index in [0.717, 1.165) is 6.20 Å². The average Bonchev–Trinajstić information content (AvgIpc) is 3.10. The minimum Gasteiger partial charge on any atom is -0.497 e. The number of hydrogen-bond acceptors (Lipinski definition) is 11. The standard InChI is InChI=1S/C22H28F2N3O9P/c1-12(2)35-37(29)33-11-16-19(36-37)22(23,24)20(34-16)27-7-6-17(26-21(27)28)25-10-13-8-14(30-3)9-15(31-4)18(13)32-5/h6-9,12,16,19-20H,10-11H2,1-5H3,(H,25,26,28)/t16-,19-,20?,37?/m1/s1. The van der Waals surface area contributed by atoms with E-state index < -0.39 is 50.6 Å². The van der Waals surface area contributed by atoms with Gasteiger partial charge in [0, 0.05) is 24.4 Å². The highest BCUT2D eigenvalue weighted by atomic mass is 31.2. The Morgan fingerprint density at radius 1 is 1.24 bits per heavy atom. The van der Waals surface area contributed by atoms with E-state index in [9.17, 15) is 9.36 Å². The van der Waals surface area contributed by atoms with Crippen LogP contribution in [0.4, 0.5) is 14.6 Å². The smallest absolute Gasteiger partial charge is 0.475 e. The van der Waals surface area contributed by atoms with Crippen molar-refractivity contribution in [1.29, 1.82) is 0 Å². The number of benzene rings is 1. The first-order valence-corrected chi connectivity index (χ1v) is 12.7. The molecular weight excluding hydrogens is 519 g/mol. The molecule has 2 unspecified atom stereocenters. The van der Waals surface area contributed by atoms with Crippen LogP contribution in [0.2, 0.25) is 0 Å². The lowest BCUT2D eigenvalue weighted by Crippen LogP contribution is -2.45. The molecule has 0 saturated carbocycles. The molecule has 1 N–H and O–H groups in total. The third kappa shape index (κ3) is 5.43. The summed E-state index contributed by atoms with van der Waals surface area (Å²) in [5.41, 5.74) is -0.351. The van der Waals surface area contributed by atoms with Crippen molar-refractivity contribution >= 4 is 13.6 Å². The number of rotatable bonds is 9. The molecule has 2 fully saturated rings. The van der Waals surface area contributed by atoms with Gasteiger partial charge < -0.3 is 24.3 Å². The molecule has 12 nitrogen and oxygen atoms in total. The fraction of sp³-hybridized carbons (Fsp3) is 0.545. The van der Waals surface area contributed by atoms with Crippen LogP contribution >= 0.6 is 7.82 Å². The SMILES string of the molecule is COc1cc(CNc2ccn(C3O[C@@H]4COP(=O)(OC(C)C)O[C@H]4C3(F)F)c(=O)n2)c(OC)c(OC)c1. The minimum atomic E-state index is -4.22. The predicted octanol–water partition coefficient (Wildman–Crippen LogP) is 3.36. The van der Waals surface area contributed by atoms with Gasteiger partial charge in [0.2, 0.25) is 6.23 Å². The summed E-state index contributed by atoms with van der Waals surface area (Å²) in [5, 5.41) is 2.95. The number of aromatic nitrogens is 2. The van der Waals surface area contributed by atoms with Crippen molar-refractivity contribution in [1.82, 2.24) is 9.55 Å². The van der Waals surface area contributed by atoms with Crippen LogP contribution in [0, 0.1) is 0 Å². The number of nitrogens with one attached hydrogen (secondary N) is 1. The van der Waals surface area contributed by atoms with Crippen molar-refractivity contribution in [3.63, 3.8) is 0 Å². The zero-order chi connectivity index (χ0) is 27.0. The van der Waals surface area contributed by atoms with Crippen molar-refractivity contribution in [2.24, 2.45) is 0 Å². The van der Waals surface area contributed by atoms with E-state index in [1.54, 1.807) is 26.0 Å².